The van der Waals surface area contributed by atoms with Gasteiger partial charge < -0.3 is 43.2 Å². The minimum atomic E-state index is -0.792. The molecule has 1 fully saturated rings. The van der Waals surface area contributed by atoms with Gasteiger partial charge in [-0.25, -0.2) is 9.50 Å². The van der Waals surface area contributed by atoms with Crippen LogP contribution >= 0.6 is 11.3 Å². The van der Waals surface area contributed by atoms with Crippen LogP contribution in [0.3, 0.4) is 0 Å². The Morgan fingerprint density at radius 1 is 1.00 bits per heavy atom. The van der Waals surface area contributed by atoms with Gasteiger partial charge in [-0.2, -0.15) is 0 Å². The van der Waals surface area contributed by atoms with Gasteiger partial charge in [-0.3, -0.25) is 4.79 Å². The summed E-state index contributed by atoms with van der Waals surface area (Å²) in [4.78, 5) is 22.3. The number of likely N-dealkylation sites (tertiary alicyclic amines) is 1. The van der Waals surface area contributed by atoms with E-state index in [0.717, 1.165) is 46.2 Å². The Balaban J connectivity index is 0.863. The summed E-state index contributed by atoms with van der Waals surface area (Å²) < 4.78 is 37.4. The number of ether oxygens (including phenoxy) is 5. The van der Waals surface area contributed by atoms with E-state index in [4.69, 9.17) is 28.1 Å². The first-order valence-corrected chi connectivity index (χ1v) is 20.6. The molecule has 1 spiro atoms. The molecule has 7 aromatic rings. The Hall–Kier alpha value is -6.19. The van der Waals surface area contributed by atoms with Crippen LogP contribution in [0.1, 0.15) is 39.0 Å². The first-order chi connectivity index (χ1) is 29.3. The van der Waals surface area contributed by atoms with Crippen LogP contribution < -0.4 is 23.7 Å². The number of methoxy groups -OCH3 is 2. The van der Waals surface area contributed by atoms with Crippen molar-refractivity contribution in [1.82, 2.24) is 19.5 Å². The Kier molecular flexibility index (Phi) is 8.57. The number of benzene rings is 4. The molecule has 11 rings (SSSR count). The van der Waals surface area contributed by atoms with Gasteiger partial charge in [-0.1, -0.05) is 48.6 Å². The quantitative estimate of drug-likeness (QED) is 0.0800. The van der Waals surface area contributed by atoms with Gasteiger partial charge in [0, 0.05) is 51.1 Å². The third kappa shape index (κ3) is 5.58. The van der Waals surface area contributed by atoms with Crippen molar-refractivity contribution < 1.29 is 43.1 Å². The molecule has 2 aliphatic carbocycles. The lowest BCUT2D eigenvalue weighted by molar-refractivity contribution is -0.0456. The number of carbonyl (C=O) groups is 1. The number of likely N-dealkylation sites (N-methyl/N-ethyl adjacent to an activating group) is 1. The van der Waals surface area contributed by atoms with Crippen molar-refractivity contribution in [2.75, 3.05) is 34.6 Å². The fraction of sp³-hybridized carbons (Fsp3) is 0.283. The van der Waals surface area contributed by atoms with E-state index in [0.29, 0.717) is 67.7 Å². The molecule has 0 saturated carbocycles. The summed E-state index contributed by atoms with van der Waals surface area (Å²) in [5, 5.41) is 26.8. The summed E-state index contributed by atoms with van der Waals surface area (Å²) in [6.45, 7) is 0.534. The number of nitrogens with zero attached hydrogens (tertiary/aromatic N) is 4. The van der Waals surface area contributed by atoms with Gasteiger partial charge in [-0.15, -0.1) is 5.10 Å². The van der Waals surface area contributed by atoms with E-state index in [1.807, 2.05) is 79.0 Å². The number of piperidine rings is 1. The molecule has 5 heterocycles. The second-order valence-corrected chi connectivity index (χ2v) is 16.7. The first-order valence-electron chi connectivity index (χ1n) is 19.8. The van der Waals surface area contributed by atoms with Crippen LogP contribution in [0, 0.1) is 5.92 Å². The fourth-order valence-corrected chi connectivity index (χ4v) is 10.7. The molecule has 4 aromatic carbocycles. The molecule has 1 saturated heterocycles. The van der Waals surface area contributed by atoms with Gasteiger partial charge in [0.05, 0.1) is 20.4 Å². The summed E-state index contributed by atoms with van der Waals surface area (Å²) in [7, 11) is 5.33. The fourth-order valence-electron chi connectivity index (χ4n) is 10.0. The first kappa shape index (κ1) is 36.9. The number of hydrogen-bond donors (Lipinski definition) is 2. The van der Waals surface area contributed by atoms with Crippen LogP contribution in [0.2, 0.25) is 0 Å². The maximum Gasteiger partial charge on any atom is 0.294 e. The minimum Gasteiger partial charge on any atom is -0.497 e. The lowest BCUT2D eigenvalue weighted by atomic mass is 9.53. The van der Waals surface area contributed by atoms with Crippen molar-refractivity contribution in [2.45, 2.75) is 43.1 Å². The molecule has 14 heteroatoms. The van der Waals surface area contributed by atoms with Crippen LogP contribution in [-0.2, 0) is 18.4 Å². The van der Waals surface area contributed by atoms with Crippen LogP contribution in [0.5, 0.6) is 28.2 Å². The van der Waals surface area contributed by atoms with Gasteiger partial charge in [0.25, 0.3) is 5.19 Å². The van der Waals surface area contributed by atoms with Crippen molar-refractivity contribution in [2.24, 2.45) is 5.92 Å². The average molecular weight is 825 g/mol. The number of hydrogen-bond acceptors (Lipinski definition) is 13. The molecule has 2 aliphatic heterocycles. The third-order valence-corrected chi connectivity index (χ3v) is 13.7. The Labute approximate surface area is 348 Å². The summed E-state index contributed by atoms with van der Waals surface area (Å²) in [6, 6.07) is 23.0. The maximum atomic E-state index is 14.5. The predicted molar refractivity (Wildman–Crippen MR) is 222 cm³/mol. The van der Waals surface area contributed by atoms with E-state index in [1.54, 1.807) is 24.8 Å². The zero-order valence-corrected chi connectivity index (χ0v) is 33.8. The van der Waals surface area contributed by atoms with Gasteiger partial charge >= 0.3 is 0 Å². The lowest BCUT2D eigenvalue weighted by Crippen LogP contribution is -2.64. The van der Waals surface area contributed by atoms with Crippen LogP contribution in [0.25, 0.3) is 38.5 Å². The maximum absolute atomic E-state index is 14.5. The highest BCUT2D eigenvalue weighted by molar-refractivity contribution is 7.18. The van der Waals surface area contributed by atoms with E-state index < -0.39 is 24.4 Å². The van der Waals surface area contributed by atoms with Crippen molar-refractivity contribution in [3.63, 3.8) is 0 Å². The summed E-state index contributed by atoms with van der Waals surface area (Å²) >= 11 is 1.35. The predicted octanol–water partition coefficient (Wildman–Crippen LogP) is 6.83. The standard InChI is InChI=1S/C46H40N4O9S/c1-49-14-13-46-33-11-12-36(52)43(46)59-42-39(57-23-51)20-32(31(40(42)46)18-35(33)49)41(53)25-9-7-24(8-10-25)26-5-4-6-28(15-26)56-22-27-16-29(54-2)17-37-30(27)19-38(58-37)34-21-50-44(47-34)60-45(48-50)55-3/h4-12,15-17,19-21,33,35-36,43,51-52H,13-14,18,22-23H2,1-3H3/t33-,35+,36-,43-,46-/m0/s1. The molecule has 304 valence electrons. The molecule has 13 nitrogen and oxygen atoms in total. The third-order valence-electron chi connectivity index (χ3n) is 12.8. The number of aromatic nitrogens is 3. The van der Waals surface area contributed by atoms with Crippen molar-refractivity contribution in [3.05, 3.63) is 119 Å². The molecule has 2 bridgehead atoms. The molecule has 0 radical (unpaired) electrons. The Morgan fingerprint density at radius 2 is 1.87 bits per heavy atom. The summed E-state index contributed by atoms with van der Waals surface area (Å²) in [6.07, 6.45) is 5.94. The van der Waals surface area contributed by atoms with Crippen LogP contribution in [-0.4, -0.2) is 88.3 Å². The molecular weight excluding hydrogens is 785 g/mol. The second kappa shape index (κ2) is 13.9. The lowest BCUT2D eigenvalue weighted by Gasteiger charge is -2.56. The second-order valence-electron chi connectivity index (χ2n) is 15.8. The Morgan fingerprint density at radius 3 is 2.67 bits per heavy atom. The smallest absolute Gasteiger partial charge is 0.294 e. The molecule has 0 amide bonds. The van der Waals surface area contributed by atoms with E-state index >= 15 is 0 Å². The van der Waals surface area contributed by atoms with Gasteiger partial charge in [-0.05, 0) is 84.8 Å². The molecule has 3 aromatic heterocycles. The molecule has 4 aliphatic rings. The highest BCUT2D eigenvalue weighted by Crippen LogP contribution is 2.63. The number of aliphatic hydroxyl groups is 2. The summed E-state index contributed by atoms with van der Waals surface area (Å²) in [5.74, 6) is 2.75. The number of fused-ring (bicyclic) bond motifs is 2. The van der Waals surface area contributed by atoms with Crippen LogP contribution in [0.4, 0.5) is 0 Å². The molecule has 5 atom stereocenters. The SMILES string of the molecule is COc1cc(COc2cccc(-c3ccc(C(=O)c4cc(OCO)c5c6c4C[C@@H]4[C@@H]7C=C[C@H](O)[C@H](O5)[C@]67CCN4C)cc3)c2)c2cc(-c3cn4nc(OC)sc4n3)oc2c1. The number of imidazole rings is 1. The number of furan rings is 1. The van der Waals surface area contributed by atoms with Crippen molar-refractivity contribution >= 4 is 33.1 Å². The largest absolute Gasteiger partial charge is 0.497 e. The highest BCUT2D eigenvalue weighted by atomic mass is 32.1. The zero-order valence-electron chi connectivity index (χ0n) is 33.0. The highest BCUT2D eigenvalue weighted by Gasteiger charge is 2.64. The number of ketones is 1. The van der Waals surface area contributed by atoms with E-state index in [9.17, 15) is 15.0 Å². The molecule has 60 heavy (non-hydrogen) atoms. The topological polar surface area (TPSA) is 150 Å². The van der Waals surface area contributed by atoms with Gasteiger partial charge in [0.15, 0.2) is 29.8 Å². The number of rotatable bonds is 11. The van der Waals surface area contributed by atoms with Crippen molar-refractivity contribution in [1.29, 1.82) is 0 Å². The van der Waals surface area contributed by atoms with E-state index in [2.05, 4.69) is 28.1 Å². The molecular formula is C46H40N4O9S. The normalized spacial score (nSPS) is 22.5. The van der Waals surface area contributed by atoms with Gasteiger partial charge in [0.2, 0.25) is 4.96 Å². The monoisotopic (exact) mass is 824 g/mol. The molecule has 0 unspecified atom stereocenters. The minimum absolute atomic E-state index is 0.120. The average Bonchev–Trinajstić information content (AvgIpc) is 4.06. The summed E-state index contributed by atoms with van der Waals surface area (Å²) in [5.41, 5.74) is 6.50. The molecule has 2 N–H and O–H groups in total. The number of carbonyl (C=O) groups excluding carboxylic acids is 1. The van der Waals surface area contributed by atoms with E-state index in [1.165, 1.54) is 11.3 Å². The number of aliphatic hydroxyl groups excluding tert-OH is 2. The van der Waals surface area contributed by atoms with Crippen molar-refractivity contribution in [3.8, 4) is 50.8 Å². The zero-order chi connectivity index (χ0) is 40.9. The van der Waals surface area contributed by atoms with E-state index in [-0.39, 0.29) is 24.3 Å². The van der Waals surface area contributed by atoms with Crippen LogP contribution in [0.15, 0.2) is 95.6 Å². The van der Waals surface area contributed by atoms with Gasteiger partial charge in [0.1, 0.15) is 41.6 Å². The Bertz CT molecular complexity index is 2850.